The van der Waals surface area contributed by atoms with Gasteiger partial charge >= 0.3 is 0 Å². The lowest BCUT2D eigenvalue weighted by Crippen LogP contribution is -2.23. The van der Waals surface area contributed by atoms with E-state index in [1.165, 1.54) is 4.68 Å². The van der Waals surface area contributed by atoms with Gasteiger partial charge in [-0.2, -0.15) is 5.10 Å². The van der Waals surface area contributed by atoms with E-state index in [2.05, 4.69) is 15.4 Å². The number of aromatic nitrogens is 3. The van der Waals surface area contributed by atoms with Gasteiger partial charge in [0.15, 0.2) is 0 Å². The predicted octanol–water partition coefficient (Wildman–Crippen LogP) is 1.12. The highest BCUT2D eigenvalue weighted by atomic mass is 16.1. The summed E-state index contributed by atoms with van der Waals surface area (Å²) in [7, 11) is 0. The van der Waals surface area contributed by atoms with Gasteiger partial charge in [-0.25, -0.2) is 4.68 Å². The van der Waals surface area contributed by atoms with Crippen LogP contribution in [0.4, 0.5) is 5.69 Å². The topological polar surface area (TPSA) is 59.8 Å². The Balaban J connectivity index is 2.20. The van der Waals surface area contributed by atoms with Crippen molar-refractivity contribution in [1.82, 2.24) is 14.8 Å². The Bertz CT molecular complexity index is 536. The van der Waals surface area contributed by atoms with Crippen molar-refractivity contribution in [2.24, 2.45) is 0 Å². The van der Waals surface area contributed by atoms with Gasteiger partial charge < -0.3 is 5.32 Å². The van der Waals surface area contributed by atoms with Crippen molar-refractivity contribution in [2.75, 3.05) is 11.9 Å². The van der Waals surface area contributed by atoms with E-state index in [4.69, 9.17) is 0 Å². The van der Waals surface area contributed by atoms with Gasteiger partial charge in [0.1, 0.15) is 0 Å². The zero-order chi connectivity index (χ0) is 12.1. The number of anilines is 1. The Labute approximate surface area is 99.1 Å². The maximum absolute atomic E-state index is 11.8. The molecule has 0 fully saturated rings. The minimum absolute atomic E-state index is 0.130. The number of hydrogen-bond donors (Lipinski definition) is 1. The summed E-state index contributed by atoms with van der Waals surface area (Å²) >= 11 is 0. The molecule has 0 aliphatic rings. The Hall–Kier alpha value is -2.17. The highest BCUT2D eigenvalue weighted by molar-refractivity contribution is 5.38. The third kappa shape index (κ3) is 2.90. The first-order valence-electron chi connectivity index (χ1n) is 5.50. The lowest BCUT2D eigenvalue weighted by molar-refractivity contribution is 0.628. The van der Waals surface area contributed by atoms with Crippen molar-refractivity contribution in [3.63, 3.8) is 0 Å². The summed E-state index contributed by atoms with van der Waals surface area (Å²) in [5.74, 6) is 0. The first kappa shape index (κ1) is 11.3. The number of nitrogens with one attached hydrogen (secondary N) is 1. The zero-order valence-corrected chi connectivity index (χ0v) is 9.63. The second kappa shape index (κ2) is 5.25. The van der Waals surface area contributed by atoms with Crippen LogP contribution in [0.5, 0.6) is 0 Å². The molecule has 0 spiro atoms. The summed E-state index contributed by atoms with van der Waals surface area (Å²) < 4.78 is 1.39. The molecule has 0 bridgehead atoms. The van der Waals surface area contributed by atoms with Crippen LogP contribution in [-0.2, 0) is 6.54 Å². The quantitative estimate of drug-likeness (QED) is 0.855. The molecule has 2 aromatic rings. The van der Waals surface area contributed by atoms with Gasteiger partial charge in [-0.3, -0.25) is 9.78 Å². The average Bonchev–Trinajstić information content (AvgIpc) is 2.34. The van der Waals surface area contributed by atoms with Crippen molar-refractivity contribution in [2.45, 2.75) is 13.5 Å². The molecule has 2 aromatic heterocycles. The van der Waals surface area contributed by atoms with Crippen molar-refractivity contribution < 1.29 is 0 Å². The van der Waals surface area contributed by atoms with E-state index in [0.717, 1.165) is 17.9 Å². The van der Waals surface area contributed by atoms with Crippen LogP contribution in [0.25, 0.3) is 0 Å². The third-order valence-corrected chi connectivity index (χ3v) is 2.29. The summed E-state index contributed by atoms with van der Waals surface area (Å²) in [5, 5.41) is 7.14. The third-order valence-electron chi connectivity index (χ3n) is 2.29. The smallest absolute Gasteiger partial charge is 0.269 e. The van der Waals surface area contributed by atoms with E-state index >= 15 is 0 Å². The fraction of sp³-hybridized carbons (Fsp3) is 0.250. The van der Waals surface area contributed by atoms with Gasteiger partial charge in [0.25, 0.3) is 5.56 Å². The molecule has 17 heavy (non-hydrogen) atoms. The van der Waals surface area contributed by atoms with E-state index in [9.17, 15) is 4.79 Å². The maximum Gasteiger partial charge on any atom is 0.269 e. The van der Waals surface area contributed by atoms with E-state index in [1.807, 2.05) is 25.1 Å². The number of nitrogens with zero attached hydrogens (tertiary/aromatic N) is 3. The molecule has 88 valence electrons. The molecule has 0 amide bonds. The van der Waals surface area contributed by atoms with Crippen molar-refractivity contribution in [3.8, 4) is 0 Å². The molecule has 0 unspecified atom stereocenters. The molecule has 5 nitrogen and oxygen atoms in total. The van der Waals surface area contributed by atoms with E-state index in [1.54, 1.807) is 18.5 Å². The maximum atomic E-state index is 11.8. The number of pyridine rings is 1. The molecule has 0 aliphatic heterocycles. The first-order valence-corrected chi connectivity index (χ1v) is 5.50. The van der Waals surface area contributed by atoms with Crippen LogP contribution >= 0.6 is 0 Å². The van der Waals surface area contributed by atoms with E-state index in [0.29, 0.717) is 6.54 Å². The second-order valence-corrected chi connectivity index (χ2v) is 3.59. The van der Waals surface area contributed by atoms with E-state index < -0.39 is 0 Å². The second-order valence-electron chi connectivity index (χ2n) is 3.59. The molecule has 1 N–H and O–H groups in total. The van der Waals surface area contributed by atoms with Crippen LogP contribution in [0.3, 0.4) is 0 Å². The minimum Gasteiger partial charge on any atom is -0.384 e. The van der Waals surface area contributed by atoms with Crippen LogP contribution in [0.1, 0.15) is 12.6 Å². The Morgan fingerprint density at radius 3 is 2.94 bits per heavy atom. The highest BCUT2D eigenvalue weighted by Crippen LogP contribution is 2.00. The molecule has 2 heterocycles. The molecule has 0 aliphatic carbocycles. The molecule has 0 radical (unpaired) electrons. The Morgan fingerprint density at radius 2 is 2.29 bits per heavy atom. The minimum atomic E-state index is -0.130. The molecule has 0 aromatic carbocycles. The van der Waals surface area contributed by atoms with Gasteiger partial charge in [0.05, 0.1) is 24.1 Å². The largest absolute Gasteiger partial charge is 0.384 e. The van der Waals surface area contributed by atoms with Crippen LogP contribution < -0.4 is 10.9 Å². The highest BCUT2D eigenvalue weighted by Gasteiger charge is 2.01. The van der Waals surface area contributed by atoms with Crippen LogP contribution in [0.2, 0.25) is 0 Å². The first-order chi connectivity index (χ1) is 8.29. The van der Waals surface area contributed by atoms with Crippen LogP contribution in [0, 0.1) is 0 Å². The molecule has 0 saturated carbocycles. The van der Waals surface area contributed by atoms with Gasteiger partial charge in [0, 0.05) is 18.8 Å². The summed E-state index contributed by atoms with van der Waals surface area (Å²) in [6.45, 7) is 3.14. The molecule has 2 rings (SSSR count). The number of hydrogen-bond acceptors (Lipinski definition) is 4. The number of rotatable bonds is 4. The molecule has 5 heteroatoms. The Kier molecular flexibility index (Phi) is 3.49. The van der Waals surface area contributed by atoms with E-state index in [-0.39, 0.29) is 5.56 Å². The van der Waals surface area contributed by atoms with Gasteiger partial charge in [0.2, 0.25) is 0 Å². The fourth-order valence-electron chi connectivity index (χ4n) is 1.50. The van der Waals surface area contributed by atoms with Gasteiger partial charge in [-0.1, -0.05) is 6.07 Å². The fourth-order valence-corrected chi connectivity index (χ4v) is 1.50. The normalized spacial score (nSPS) is 10.2. The SMILES string of the molecule is CCNc1cnn(Cc2ccccn2)c(=O)c1. The standard InChI is InChI=1S/C12H14N4O/c1-2-13-11-7-12(17)16(15-8-11)9-10-5-3-4-6-14-10/h3-8,13H,2,9H2,1H3. The molecule has 0 atom stereocenters. The van der Waals surface area contributed by atoms with Crippen LogP contribution in [0.15, 0.2) is 41.5 Å². The van der Waals surface area contributed by atoms with Gasteiger partial charge in [-0.05, 0) is 19.1 Å². The monoisotopic (exact) mass is 230 g/mol. The summed E-state index contributed by atoms with van der Waals surface area (Å²) in [5.41, 5.74) is 1.43. The average molecular weight is 230 g/mol. The van der Waals surface area contributed by atoms with Gasteiger partial charge in [-0.15, -0.1) is 0 Å². The predicted molar refractivity (Wildman–Crippen MR) is 66.0 cm³/mol. The molecular weight excluding hydrogens is 216 g/mol. The van der Waals surface area contributed by atoms with Crippen molar-refractivity contribution >= 4 is 5.69 Å². The molecule has 0 saturated heterocycles. The molecular formula is C12H14N4O. The van der Waals surface area contributed by atoms with Crippen molar-refractivity contribution in [1.29, 1.82) is 0 Å². The summed E-state index contributed by atoms with van der Waals surface area (Å²) in [6, 6.07) is 7.14. The van der Waals surface area contributed by atoms with Crippen molar-refractivity contribution in [3.05, 3.63) is 52.7 Å². The lowest BCUT2D eigenvalue weighted by atomic mass is 10.3. The summed E-state index contributed by atoms with van der Waals surface area (Å²) in [4.78, 5) is 15.9. The zero-order valence-electron chi connectivity index (χ0n) is 9.63. The Morgan fingerprint density at radius 1 is 1.41 bits per heavy atom. The van der Waals surface area contributed by atoms with Crippen LogP contribution in [-0.4, -0.2) is 21.3 Å². The summed E-state index contributed by atoms with van der Waals surface area (Å²) in [6.07, 6.45) is 3.35. The lowest BCUT2D eigenvalue weighted by Gasteiger charge is -2.06.